The quantitative estimate of drug-likeness (QED) is 0.302. The summed E-state index contributed by atoms with van der Waals surface area (Å²) < 4.78 is 0. The van der Waals surface area contributed by atoms with Gasteiger partial charge >= 0.3 is 0 Å². The van der Waals surface area contributed by atoms with Crippen LogP contribution in [-0.2, 0) is 4.79 Å². The van der Waals surface area contributed by atoms with Crippen molar-refractivity contribution < 1.29 is 4.79 Å². The molecule has 0 saturated heterocycles. The van der Waals surface area contributed by atoms with Crippen LogP contribution in [0.25, 0.3) is 0 Å². The molecule has 1 N–H and O–H groups in total. The Morgan fingerprint density at radius 1 is 1.38 bits per heavy atom. The number of aromatic nitrogens is 2. The Kier molecular flexibility index (Phi) is 5.71. The molecule has 0 bridgehead atoms. The molecule has 0 saturated carbocycles. The minimum atomic E-state index is -0.228. The molecule has 0 spiro atoms. The molecule has 1 amide bonds. The first kappa shape index (κ1) is 15.5. The van der Waals surface area contributed by atoms with Gasteiger partial charge in [0.15, 0.2) is 5.16 Å². The van der Waals surface area contributed by atoms with Crippen LogP contribution in [0.15, 0.2) is 46.7 Å². The molecule has 0 atom stereocenters. The third-order valence-corrected chi connectivity index (χ3v) is 3.38. The number of aryl methyl sites for hydroxylation is 1. The molecule has 5 nitrogen and oxygen atoms in total. The van der Waals surface area contributed by atoms with Crippen molar-refractivity contribution in [2.45, 2.75) is 12.1 Å². The van der Waals surface area contributed by atoms with E-state index in [1.807, 2.05) is 37.3 Å². The topological polar surface area (TPSA) is 67.2 Å². The molecule has 7 heteroatoms. The summed E-state index contributed by atoms with van der Waals surface area (Å²) in [5.41, 5.74) is 4.13. The maximum atomic E-state index is 11.6. The zero-order valence-corrected chi connectivity index (χ0v) is 12.9. The van der Waals surface area contributed by atoms with E-state index in [-0.39, 0.29) is 11.7 Å². The van der Waals surface area contributed by atoms with Crippen molar-refractivity contribution >= 4 is 35.5 Å². The van der Waals surface area contributed by atoms with Crippen LogP contribution in [-0.4, -0.2) is 27.8 Å². The summed E-state index contributed by atoms with van der Waals surface area (Å²) >= 11 is 7.04. The highest BCUT2D eigenvalue weighted by Crippen LogP contribution is 2.16. The maximum absolute atomic E-state index is 11.6. The minimum Gasteiger partial charge on any atom is -0.272 e. The highest BCUT2D eigenvalue weighted by molar-refractivity contribution is 7.99. The number of carbonyl (C=O) groups is 1. The van der Waals surface area contributed by atoms with Crippen molar-refractivity contribution in [1.82, 2.24) is 15.4 Å². The van der Waals surface area contributed by atoms with Crippen molar-refractivity contribution in [1.29, 1.82) is 0 Å². The first-order chi connectivity index (χ1) is 10.1. The molecule has 2 aromatic rings. The molecule has 1 aromatic heterocycles. The van der Waals surface area contributed by atoms with Crippen molar-refractivity contribution in [3.8, 4) is 0 Å². The Morgan fingerprint density at radius 2 is 2.14 bits per heavy atom. The maximum Gasteiger partial charge on any atom is 0.250 e. The van der Waals surface area contributed by atoms with Crippen LogP contribution in [0.5, 0.6) is 0 Å². The number of halogens is 1. The zero-order chi connectivity index (χ0) is 15.1. The molecule has 0 aliphatic rings. The summed E-state index contributed by atoms with van der Waals surface area (Å²) in [6.07, 6.45) is 1.59. The van der Waals surface area contributed by atoms with Crippen LogP contribution in [0.3, 0.4) is 0 Å². The fourth-order valence-corrected chi connectivity index (χ4v) is 2.43. The van der Waals surface area contributed by atoms with Crippen molar-refractivity contribution in [3.05, 3.63) is 52.8 Å². The van der Waals surface area contributed by atoms with Gasteiger partial charge < -0.3 is 0 Å². The number of nitrogens with one attached hydrogen (secondary N) is 1. The molecular formula is C14H13ClN4OS. The molecule has 1 heterocycles. The van der Waals surface area contributed by atoms with Gasteiger partial charge in [-0.15, -0.1) is 0 Å². The van der Waals surface area contributed by atoms with Crippen molar-refractivity contribution in [2.24, 2.45) is 5.10 Å². The highest BCUT2D eigenvalue weighted by atomic mass is 35.5. The standard InChI is InChI=1S/C14H13ClN4OS/c1-10-7-12(15)18-14(17-10)21-9-13(20)19-16-8-11-5-3-2-4-6-11/h2-8H,9H2,1H3,(H,19,20)/b16-8+. The third kappa shape index (κ3) is 5.53. The summed E-state index contributed by atoms with van der Waals surface area (Å²) in [5, 5.41) is 4.73. The van der Waals surface area contributed by atoms with Crippen LogP contribution >= 0.6 is 23.4 Å². The molecule has 0 aliphatic heterocycles. The van der Waals surface area contributed by atoms with Crippen LogP contribution < -0.4 is 5.43 Å². The molecule has 1 aromatic carbocycles. The Labute approximate surface area is 131 Å². The number of benzene rings is 1. The molecule has 0 aliphatic carbocycles. The summed E-state index contributed by atoms with van der Waals surface area (Å²) in [5.74, 6) is -0.0558. The van der Waals surface area contributed by atoms with E-state index in [1.54, 1.807) is 12.3 Å². The molecule has 108 valence electrons. The predicted octanol–water partition coefficient (Wildman–Crippen LogP) is 2.68. The van der Waals surface area contributed by atoms with Gasteiger partial charge in [0.1, 0.15) is 5.15 Å². The first-order valence-electron chi connectivity index (χ1n) is 6.14. The van der Waals surface area contributed by atoms with Gasteiger partial charge in [0.05, 0.1) is 12.0 Å². The van der Waals surface area contributed by atoms with Gasteiger partial charge in [0.2, 0.25) is 0 Å². The lowest BCUT2D eigenvalue weighted by molar-refractivity contribution is -0.118. The fraction of sp³-hybridized carbons (Fsp3) is 0.143. The second-order valence-corrected chi connectivity index (χ2v) is 5.44. The first-order valence-corrected chi connectivity index (χ1v) is 7.51. The average molecular weight is 321 g/mol. The molecule has 0 fully saturated rings. The van der Waals surface area contributed by atoms with Gasteiger partial charge in [0, 0.05) is 5.69 Å². The summed E-state index contributed by atoms with van der Waals surface area (Å²) in [6.45, 7) is 1.82. The summed E-state index contributed by atoms with van der Waals surface area (Å²) in [6, 6.07) is 11.2. The highest BCUT2D eigenvalue weighted by Gasteiger charge is 2.05. The van der Waals surface area contributed by atoms with Gasteiger partial charge in [-0.1, -0.05) is 53.7 Å². The van der Waals surface area contributed by atoms with Gasteiger partial charge in [-0.2, -0.15) is 5.10 Å². The van der Waals surface area contributed by atoms with E-state index >= 15 is 0 Å². The SMILES string of the molecule is Cc1cc(Cl)nc(SCC(=O)N/N=C/c2ccccc2)n1. The Balaban J connectivity index is 1.81. The van der Waals surface area contributed by atoms with E-state index < -0.39 is 0 Å². The number of hydrogen-bond acceptors (Lipinski definition) is 5. The van der Waals surface area contributed by atoms with E-state index in [2.05, 4.69) is 20.5 Å². The zero-order valence-electron chi connectivity index (χ0n) is 11.3. The van der Waals surface area contributed by atoms with E-state index in [9.17, 15) is 4.79 Å². The average Bonchev–Trinajstić information content (AvgIpc) is 2.45. The van der Waals surface area contributed by atoms with Crippen LogP contribution in [0.2, 0.25) is 5.15 Å². The van der Waals surface area contributed by atoms with Gasteiger partial charge in [0.25, 0.3) is 5.91 Å². The fourth-order valence-electron chi connectivity index (χ4n) is 1.45. The monoisotopic (exact) mass is 320 g/mol. The predicted molar refractivity (Wildman–Crippen MR) is 84.7 cm³/mol. The smallest absolute Gasteiger partial charge is 0.250 e. The van der Waals surface area contributed by atoms with Gasteiger partial charge in [-0.3, -0.25) is 4.79 Å². The number of rotatable bonds is 5. The minimum absolute atomic E-state index is 0.173. The lowest BCUT2D eigenvalue weighted by Crippen LogP contribution is -2.19. The number of nitrogens with zero attached hydrogens (tertiary/aromatic N) is 3. The molecule has 0 radical (unpaired) electrons. The lowest BCUT2D eigenvalue weighted by Gasteiger charge is -2.01. The Morgan fingerprint density at radius 3 is 2.86 bits per heavy atom. The Hall–Kier alpha value is -1.92. The second-order valence-electron chi connectivity index (χ2n) is 4.11. The molecule has 21 heavy (non-hydrogen) atoms. The van der Waals surface area contributed by atoms with E-state index in [0.717, 1.165) is 11.3 Å². The van der Waals surface area contributed by atoms with Crippen LogP contribution in [0.4, 0.5) is 0 Å². The summed E-state index contributed by atoms with van der Waals surface area (Å²) in [4.78, 5) is 19.9. The number of carbonyl (C=O) groups excluding carboxylic acids is 1. The van der Waals surface area contributed by atoms with Crippen LogP contribution in [0.1, 0.15) is 11.3 Å². The number of amides is 1. The van der Waals surface area contributed by atoms with E-state index in [4.69, 9.17) is 11.6 Å². The van der Waals surface area contributed by atoms with Crippen molar-refractivity contribution in [2.75, 3.05) is 5.75 Å². The number of hydrogen-bond donors (Lipinski definition) is 1. The van der Waals surface area contributed by atoms with Gasteiger partial charge in [-0.25, -0.2) is 15.4 Å². The lowest BCUT2D eigenvalue weighted by atomic mass is 10.2. The summed E-state index contributed by atoms with van der Waals surface area (Å²) in [7, 11) is 0. The van der Waals surface area contributed by atoms with E-state index in [1.165, 1.54) is 11.8 Å². The largest absolute Gasteiger partial charge is 0.272 e. The van der Waals surface area contributed by atoms with Crippen molar-refractivity contribution in [3.63, 3.8) is 0 Å². The van der Waals surface area contributed by atoms with Gasteiger partial charge in [-0.05, 0) is 18.6 Å². The third-order valence-electron chi connectivity index (χ3n) is 2.34. The number of thioether (sulfide) groups is 1. The normalized spacial score (nSPS) is 10.8. The second kappa shape index (κ2) is 7.75. The molecule has 0 unspecified atom stereocenters. The van der Waals surface area contributed by atoms with E-state index in [0.29, 0.717) is 10.3 Å². The molecular weight excluding hydrogens is 308 g/mol. The Bertz CT molecular complexity index is 628. The van der Waals surface area contributed by atoms with Crippen LogP contribution in [0, 0.1) is 6.92 Å². The molecule has 2 rings (SSSR count). The number of hydrazone groups is 1.